The van der Waals surface area contributed by atoms with Crippen LogP contribution in [0.5, 0.6) is 0 Å². The normalized spacial score (nSPS) is 10.9. The first kappa shape index (κ1) is 17.1. The molecule has 5 aromatic rings. The second kappa shape index (κ2) is 7.21. The Kier molecular flexibility index (Phi) is 4.26. The Morgan fingerprint density at radius 3 is 2.79 bits per heavy atom. The van der Waals surface area contributed by atoms with E-state index in [-0.39, 0.29) is 5.91 Å². The van der Waals surface area contributed by atoms with Gasteiger partial charge in [-0.05, 0) is 24.3 Å². The number of anilines is 1. The average Bonchev–Trinajstić information content (AvgIpc) is 3.44. The number of para-hydroxylation sites is 1. The lowest BCUT2D eigenvalue weighted by Crippen LogP contribution is -2.17. The number of nitrogens with zero attached hydrogens (tertiary/aromatic N) is 6. The van der Waals surface area contributed by atoms with Crippen LogP contribution in [0.2, 0.25) is 0 Å². The molecule has 0 aliphatic heterocycles. The maximum Gasteiger partial charge on any atom is 0.277 e. The first-order valence-corrected chi connectivity index (χ1v) is 9.60. The van der Waals surface area contributed by atoms with Gasteiger partial charge in [-0.25, -0.2) is 14.6 Å². The Balaban J connectivity index is 1.39. The minimum Gasteiger partial charge on any atom is -0.296 e. The summed E-state index contributed by atoms with van der Waals surface area (Å²) in [7, 11) is 0. The highest BCUT2D eigenvalue weighted by Crippen LogP contribution is 2.25. The van der Waals surface area contributed by atoms with Crippen molar-refractivity contribution in [2.75, 3.05) is 5.32 Å². The van der Waals surface area contributed by atoms with Crippen LogP contribution in [0.25, 0.3) is 28.0 Å². The number of pyridine rings is 2. The van der Waals surface area contributed by atoms with Crippen molar-refractivity contribution in [1.82, 2.24) is 29.9 Å². The number of carbonyl (C=O) groups excluding carboxylic acids is 1. The minimum atomic E-state index is -0.355. The summed E-state index contributed by atoms with van der Waals surface area (Å²) in [5.74, 6) is -0.355. The van der Waals surface area contributed by atoms with E-state index in [1.165, 1.54) is 22.2 Å². The van der Waals surface area contributed by atoms with Crippen LogP contribution in [0.1, 0.15) is 10.5 Å². The van der Waals surface area contributed by atoms with E-state index >= 15 is 0 Å². The highest BCUT2D eigenvalue weighted by atomic mass is 32.1. The molecular formula is C20H13N7OS. The molecule has 0 bridgehead atoms. The van der Waals surface area contributed by atoms with Gasteiger partial charge >= 0.3 is 0 Å². The van der Waals surface area contributed by atoms with Gasteiger partial charge in [0.05, 0.1) is 29.3 Å². The predicted octanol–water partition coefficient (Wildman–Crippen LogP) is 3.59. The fraction of sp³-hybridized carbons (Fsp3) is 0. The number of amides is 1. The molecule has 0 aliphatic carbocycles. The van der Waals surface area contributed by atoms with Crippen molar-refractivity contribution in [2.24, 2.45) is 0 Å². The quantitative estimate of drug-likeness (QED) is 0.496. The molecule has 0 atom stereocenters. The first-order valence-electron chi connectivity index (χ1n) is 8.72. The molecule has 4 heterocycles. The molecular weight excluding hydrogens is 386 g/mol. The molecule has 1 N–H and O–H groups in total. The van der Waals surface area contributed by atoms with Crippen molar-refractivity contribution >= 4 is 33.3 Å². The zero-order valence-corrected chi connectivity index (χ0v) is 15.7. The molecule has 0 saturated heterocycles. The van der Waals surface area contributed by atoms with Crippen LogP contribution in [0.4, 0.5) is 5.13 Å². The lowest BCUT2D eigenvalue weighted by molar-refractivity contribution is 0.101. The molecule has 0 radical (unpaired) electrons. The molecule has 4 aromatic heterocycles. The van der Waals surface area contributed by atoms with Crippen molar-refractivity contribution in [2.45, 2.75) is 0 Å². The summed E-state index contributed by atoms with van der Waals surface area (Å²) in [4.78, 5) is 25.9. The third kappa shape index (κ3) is 3.34. The predicted molar refractivity (Wildman–Crippen MR) is 110 cm³/mol. The Morgan fingerprint density at radius 2 is 1.90 bits per heavy atom. The van der Waals surface area contributed by atoms with E-state index in [0.717, 1.165) is 16.6 Å². The van der Waals surface area contributed by atoms with E-state index in [2.05, 4.69) is 30.6 Å². The minimum absolute atomic E-state index is 0.290. The topological polar surface area (TPSA) is 98.5 Å². The monoisotopic (exact) mass is 399 g/mol. The highest BCUT2D eigenvalue weighted by Gasteiger charge is 2.17. The number of hydrogen-bond acceptors (Lipinski definition) is 7. The largest absolute Gasteiger partial charge is 0.296 e. The van der Waals surface area contributed by atoms with Gasteiger partial charge in [0.1, 0.15) is 5.69 Å². The van der Waals surface area contributed by atoms with E-state index in [0.29, 0.717) is 22.2 Å². The number of carbonyl (C=O) groups is 1. The number of fused-ring (bicyclic) bond motifs is 1. The molecule has 0 fully saturated rings. The number of benzene rings is 1. The SMILES string of the molecule is O=C(Nc1nc(-c2ccc3ccccc3n2)cs1)c1cnnn1-c1cccnc1. The maximum atomic E-state index is 12.7. The summed E-state index contributed by atoms with van der Waals surface area (Å²) < 4.78 is 1.43. The van der Waals surface area contributed by atoms with Crippen molar-refractivity contribution < 1.29 is 4.79 Å². The highest BCUT2D eigenvalue weighted by molar-refractivity contribution is 7.14. The summed E-state index contributed by atoms with van der Waals surface area (Å²) in [6.07, 6.45) is 4.66. The summed E-state index contributed by atoms with van der Waals surface area (Å²) in [6.45, 7) is 0. The van der Waals surface area contributed by atoms with Crippen LogP contribution in [0.3, 0.4) is 0 Å². The van der Waals surface area contributed by atoms with E-state index in [4.69, 9.17) is 0 Å². The number of nitrogens with one attached hydrogen (secondary N) is 1. The van der Waals surface area contributed by atoms with Crippen LogP contribution < -0.4 is 5.32 Å². The molecule has 0 saturated carbocycles. The van der Waals surface area contributed by atoms with Gasteiger partial charge in [-0.2, -0.15) is 0 Å². The van der Waals surface area contributed by atoms with E-state index in [1.54, 1.807) is 24.5 Å². The average molecular weight is 399 g/mol. The fourth-order valence-corrected chi connectivity index (χ4v) is 3.58. The molecule has 0 unspecified atom stereocenters. The van der Waals surface area contributed by atoms with Gasteiger partial charge in [-0.1, -0.05) is 29.5 Å². The lowest BCUT2D eigenvalue weighted by atomic mass is 10.2. The Hall–Kier alpha value is -3.98. The smallest absolute Gasteiger partial charge is 0.277 e. The van der Waals surface area contributed by atoms with E-state index < -0.39 is 0 Å². The second-order valence-electron chi connectivity index (χ2n) is 6.12. The molecule has 140 valence electrons. The Bertz CT molecular complexity index is 1310. The van der Waals surface area contributed by atoms with Crippen LogP contribution in [-0.4, -0.2) is 35.9 Å². The van der Waals surface area contributed by atoms with Gasteiger partial charge in [-0.3, -0.25) is 15.1 Å². The van der Waals surface area contributed by atoms with Gasteiger partial charge in [0, 0.05) is 17.0 Å². The van der Waals surface area contributed by atoms with Gasteiger partial charge in [0.25, 0.3) is 5.91 Å². The summed E-state index contributed by atoms with van der Waals surface area (Å²) in [5.41, 5.74) is 3.29. The van der Waals surface area contributed by atoms with Crippen LogP contribution >= 0.6 is 11.3 Å². The Morgan fingerprint density at radius 1 is 0.966 bits per heavy atom. The second-order valence-corrected chi connectivity index (χ2v) is 6.98. The van der Waals surface area contributed by atoms with Gasteiger partial charge in [-0.15, -0.1) is 16.4 Å². The summed E-state index contributed by atoms with van der Waals surface area (Å²) in [6, 6.07) is 15.4. The Labute approximate surface area is 168 Å². The fourth-order valence-electron chi connectivity index (χ4n) is 2.88. The van der Waals surface area contributed by atoms with Crippen molar-refractivity contribution in [3.63, 3.8) is 0 Å². The van der Waals surface area contributed by atoms with Crippen LogP contribution in [0, 0.1) is 0 Å². The van der Waals surface area contributed by atoms with Gasteiger partial charge in [0.2, 0.25) is 0 Å². The molecule has 1 amide bonds. The van der Waals surface area contributed by atoms with Crippen LogP contribution in [0.15, 0.2) is 72.5 Å². The van der Waals surface area contributed by atoms with E-state index in [1.807, 2.05) is 41.8 Å². The molecule has 29 heavy (non-hydrogen) atoms. The number of hydrogen-bond donors (Lipinski definition) is 1. The third-order valence-electron chi connectivity index (χ3n) is 4.26. The molecule has 8 nitrogen and oxygen atoms in total. The van der Waals surface area contributed by atoms with Crippen molar-refractivity contribution in [3.8, 4) is 17.1 Å². The molecule has 0 aliphatic rings. The molecule has 9 heteroatoms. The molecule has 5 rings (SSSR count). The van der Waals surface area contributed by atoms with Crippen molar-refractivity contribution in [3.05, 3.63) is 78.2 Å². The lowest BCUT2D eigenvalue weighted by Gasteiger charge is -2.05. The molecule has 1 aromatic carbocycles. The summed E-state index contributed by atoms with van der Waals surface area (Å²) >= 11 is 1.33. The summed E-state index contributed by atoms with van der Waals surface area (Å²) in [5, 5.41) is 14.0. The van der Waals surface area contributed by atoms with E-state index in [9.17, 15) is 4.79 Å². The molecule has 0 spiro atoms. The van der Waals surface area contributed by atoms with Gasteiger partial charge in [0.15, 0.2) is 10.8 Å². The zero-order valence-electron chi connectivity index (χ0n) is 14.9. The standard InChI is InChI=1S/C20H13N7OS/c28-19(18-11-22-26-27(18)14-5-3-9-21-10-14)25-20-24-17(12-29-20)16-8-7-13-4-1-2-6-15(13)23-16/h1-12H,(H,24,25,28). The zero-order chi connectivity index (χ0) is 19.6. The third-order valence-corrected chi connectivity index (χ3v) is 5.02. The van der Waals surface area contributed by atoms with Gasteiger partial charge < -0.3 is 0 Å². The number of thiazole rings is 1. The maximum absolute atomic E-state index is 12.7. The van der Waals surface area contributed by atoms with Crippen molar-refractivity contribution in [1.29, 1.82) is 0 Å². The number of aromatic nitrogens is 6. The first-order chi connectivity index (χ1) is 14.3. The van der Waals surface area contributed by atoms with Crippen LogP contribution in [-0.2, 0) is 0 Å². The number of rotatable bonds is 4.